The van der Waals surface area contributed by atoms with E-state index in [-0.39, 0.29) is 11.5 Å². The van der Waals surface area contributed by atoms with Crippen LogP contribution in [0, 0.1) is 0 Å². The van der Waals surface area contributed by atoms with E-state index in [9.17, 15) is 4.79 Å². The van der Waals surface area contributed by atoms with Crippen molar-refractivity contribution in [1.82, 2.24) is 9.80 Å². The van der Waals surface area contributed by atoms with Crippen molar-refractivity contribution in [1.29, 1.82) is 0 Å². The summed E-state index contributed by atoms with van der Waals surface area (Å²) in [7, 11) is 2.15. The molecule has 1 unspecified atom stereocenters. The molecule has 2 saturated heterocycles. The number of hydrogen-bond acceptors (Lipinski definition) is 4. The number of hydrogen-bond donors (Lipinski definition) is 0. The molecule has 1 amide bonds. The summed E-state index contributed by atoms with van der Waals surface area (Å²) in [4.78, 5) is 17.1. The van der Waals surface area contributed by atoms with E-state index in [1.165, 1.54) is 5.56 Å². The molecule has 2 aliphatic heterocycles. The van der Waals surface area contributed by atoms with E-state index in [4.69, 9.17) is 9.47 Å². The molecule has 2 heterocycles. The average molecular weight is 380 g/mol. The molecule has 2 aromatic rings. The number of carbonyl (C=O) groups excluding carboxylic acids is 1. The highest BCUT2D eigenvalue weighted by Gasteiger charge is 2.52. The number of amides is 1. The van der Waals surface area contributed by atoms with E-state index < -0.39 is 0 Å². The van der Waals surface area contributed by atoms with Gasteiger partial charge in [0.1, 0.15) is 11.4 Å². The Balaban J connectivity index is 1.34. The van der Waals surface area contributed by atoms with Crippen molar-refractivity contribution in [2.45, 2.75) is 31.5 Å². The van der Waals surface area contributed by atoms with E-state index >= 15 is 0 Å². The summed E-state index contributed by atoms with van der Waals surface area (Å²) in [6.07, 6.45) is 0.965. The zero-order valence-corrected chi connectivity index (χ0v) is 16.6. The minimum Gasteiger partial charge on any atom is -0.493 e. The van der Waals surface area contributed by atoms with Crippen molar-refractivity contribution in [3.63, 3.8) is 0 Å². The molecule has 0 bridgehead atoms. The lowest BCUT2D eigenvalue weighted by Crippen LogP contribution is -2.63. The average Bonchev–Trinajstić information content (AvgIpc) is 3.14. The first-order valence-corrected chi connectivity index (χ1v) is 9.99. The summed E-state index contributed by atoms with van der Waals surface area (Å²) in [6.45, 7) is 5.42. The minimum atomic E-state index is -0.189. The lowest BCUT2D eigenvalue weighted by atomic mass is 9.88. The van der Waals surface area contributed by atoms with E-state index in [0.717, 1.165) is 19.6 Å². The SMILES string of the molecule is CCOc1ccccc1C(=O)N1CC2(CC(N(C)Cc3ccccc3)CO2)C1. The molecule has 0 saturated carbocycles. The van der Waals surface area contributed by atoms with Crippen molar-refractivity contribution >= 4 is 5.91 Å². The number of ether oxygens (including phenoxy) is 2. The fourth-order valence-corrected chi connectivity index (χ4v) is 4.21. The molecular formula is C23H28N2O3. The smallest absolute Gasteiger partial charge is 0.257 e. The van der Waals surface area contributed by atoms with Gasteiger partial charge in [-0.05, 0) is 38.1 Å². The van der Waals surface area contributed by atoms with Gasteiger partial charge in [-0.25, -0.2) is 0 Å². The standard InChI is InChI=1S/C23H28N2O3/c1-3-27-21-12-8-7-11-20(21)22(26)25-16-23(17-25)13-19(15-28-23)24(2)14-18-9-5-4-6-10-18/h4-12,19H,3,13-17H2,1-2H3. The summed E-state index contributed by atoms with van der Waals surface area (Å²) in [5.74, 6) is 0.683. The van der Waals surface area contributed by atoms with Crippen LogP contribution in [0.2, 0.25) is 0 Å². The molecule has 5 heteroatoms. The summed E-state index contributed by atoms with van der Waals surface area (Å²) in [6, 6.07) is 18.4. The number of carbonyl (C=O) groups is 1. The Hall–Kier alpha value is -2.37. The topological polar surface area (TPSA) is 42.0 Å². The van der Waals surface area contributed by atoms with Crippen LogP contribution in [0.25, 0.3) is 0 Å². The van der Waals surface area contributed by atoms with Crippen molar-refractivity contribution in [2.24, 2.45) is 0 Å². The summed E-state index contributed by atoms with van der Waals surface area (Å²) < 4.78 is 11.8. The normalized spacial score (nSPS) is 20.4. The lowest BCUT2D eigenvalue weighted by molar-refractivity contribution is -0.0951. The molecule has 0 N–H and O–H groups in total. The Morgan fingerprint density at radius 3 is 2.64 bits per heavy atom. The first kappa shape index (κ1) is 19.0. The van der Waals surface area contributed by atoms with Gasteiger partial charge in [-0.2, -0.15) is 0 Å². The number of para-hydroxylation sites is 1. The van der Waals surface area contributed by atoms with Crippen LogP contribution in [-0.4, -0.2) is 60.7 Å². The number of rotatable bonds is 6. The van der Waals surface area contributed by atoms with E-state index in [0.29, 0.717) is 37.1 Å². The molecule has 2 aliphatic rings. The maximum atomic E-state index is 12.9. The Kier molecular flexibility index (Phi) is 5.38. The zero-order chi connectivity index (χ0) is 19.6. The third-order valence-corrected chi connectivity index (χ3v) is 5.75. The Bertz CT molecular complexity index is 818. The third kappa shape index (κ3) is 3.77. The highest BCUT2D eigenvalue weighted by atomic mass is 16.5. The van der Waals surface area contributed by atoms with Crippen LogP contribution in [-0.2, 0) is 11.3 Å². The fourth-order valence-electron chi connectivity index (χ4n) is 4.21. The highest BCUT2D eigenvalue weighted by Crippen LogP contribution is 2.38. The molecule has 2 fully saturated rings. The van der Waals surface area contributed by atoms with Gasteiger partial charge in [0.25, 0.3) is 5.91 Å². The third-order valence-electron chi connectivity index (χ3n) is 5.75. The van der Waals surface area contributed by atoms with Gasteiger partial charge in [-0.3, -0.25) is 9.69 Å². The van der Waals surface area contributed by atoms with Crippen molar-refractivity contribution < 1.29 is 14.3 Å². The fraction of sp³-hybridized carbons (Fsp3) is 0.435. The maximum Gasteiger partial charge on any atom is 0.257 e. The van der Waals surface area contributed by atoms with Crippen molar-refractivity contribution in [3.8, 4) is 5.75 Å². The van der Waals surface area contributed by atoms with Crippen LogP contribution < -0.4 is 4.74 Å². The van der Waals surface area contributed by atoms with Gasteiger partial charge in [-0.1, -0.05) is 42.5 Å². The first-order chi connectivity index (χ1) is 13.6. The van der Waals surface area contributed by atoms with Gasteiger partial charge in [0.05, 0.1) is 31.9 Å². The summed E-state index contributed by atoms with van der Waals surface area (Å²) in [5.41, 5.74) is 1.75. The van der Waals surface area contributed by atoms with Gasteiger partial charge >= 0.3 is 0 Å². The Labute approximate surface area is 166 Å². The van der Waals surface area contributed by atoms with Crippen LogP contribution >= 0.6 is 0 Å². The van der Waals surface area contributed by atoms with Crippen molar-refractivity contribution in [2.75, 3.05) is 33.4 Å². The number of likely N-dealkylation sites (N-methyl/N-ethyl adjacent to an activating group) is 1. The van der Waals surface area contributed by atoms with Crippen LogP contribution in [0.5, 0.6) is 5.75 Å². The van der Waals surface area contributed by atoms with Gasteiger partial charge in [0, 0.05) is 12.6 Å². The monoisotopic (exact) mass is 380 g/mol. The molecule has 5 nitrogen and oxygen atoms in total. The van der Waals surface area contributed by atoms with Gasteiger partial charge in [-0.15, -0.1) is 0 Å². The van der Waals surface area contributed by atoms with E-state index in [2.05, 4.69) is 36.2 Å². The van der Waals surface area contributed by atoms with Gasteiger partial charge in [0.15, 0.2) is 0 Å². The Morgan fingerprint density at radius 1 is 1.18 bits per heavy atom. The van der Waals surface area contributed by atoms with E-state index in [1.54, 1.807) is 0 Å². The second-order valence-electron chi connectivity index (χ2n) is 7.84. The second kappa shape index (κ2) is 7.94. The van der Waals surface area contributed by atoms with Crippen LogP contribution in [0.3, 0.4) is 0 Å². The molecule has 1 atom stereocenters. The maximum absolute atomic E-state index is 12.9. The molecular weight excluding hydrogens is 352 g/mol. The molecule has 4 rings (SSSR count). The number of likely N-dealkylation sites (tertiary alicyclic amines) is 1. The van der Waals surface area contributed by atoms with Crippen LogP contribution in [0.15, 0.2) is 54.6 Å². The predicted molar refractivity (Wildman–Crippen MR) is 109 cm³/mol. The first-order valence-electron chi connectivity index (χ1n) is 9.99. The van der Waals surface area contributed by atoms with Crippen molar-refractivity contribution in [3.05, 3.63) is 65.7 Å². The van der Waals surface area contributed by atoms with Crippen LogP contribution in [0.1, 0.15) is 29.3 Å². The second-order valence-corrected chi connectivity index (χ2v) is 7.84. The molecule has 0 aliphatic carbocycles. The molecule has 148 valence electrons. The van der Waals surface area contributed by atoms with Crippen LogP contribution in [0.4, 0.5) is 0 Å². The predicted octanol–water partition coefficient (Wildman–Crippen LogP) is 3.20. The lowest BCUT2D eigenvalue weighted by Gasteiger charge is -2.47. The molecule has 1 spiro atoms. The minimum absolute atomic E-state index is 0.0272. The Morgan fingerprint density at radius 2 is 1.89 bits per heavy atom. The largest absolute Gasteiger partial charge is 0.493 e. The molecule has 2 aromatic carbocycles. The summed E-state index contributed by atoms with van der Waals surface area (Å²) in [5, 5.41) is 0. The van der Waals surface area contributed by atoms with E-state index in [1.807, 2.05) is 42.2 Å². The zero-order valence-electron chi connectivity index (χ0n) is 16.6. The quantitative estimate of drug-likeness (QED) is 0.772. The summed E-state index contributed by atoms with van der Waals surface area (Å²) >= 11 is 0. The van der Waals surface area contributed by atoms with Gasteiger partial charge < -0.3 is 14.4 Å². The van der Waals surface area contributed by atoms with Gasteiger partial charge in [0.2, 0.25) is 0 Å². The molecule has 0 aromatic heterocycles. The molecule has 0 radical (unpaired) electrons. The molecule has 28 heavy (non-hydrogen) atoms. The highest BCUT2D eigenvalue weighted by molar-refractivity contribution is 5.97. The number of nitrogens with zero attached hydrogens (tertiary/aromatic N) is 2. The number of benzene rings is 2.